The van der Waals surface area contributed by atoms with Gasteiger partial charge in [-0.2, -0.15) is 0 Å². The molecular weight excluding hydrogens is 390 g/mol. The van der Waals surface area contributed by atoms with E-state index in [-0.39, 0.29) is 18.5 Å². The Balaban J connectivity index is 1.33. The van der Waals surface area contributed by atoms with Gasteiger partial charge in [-0.15, -0.1) is 0 Å². The van der Waals surface area contributed by atoms with Crippen LogP contribution in [0.4, 0.5) is 0 Å². The maximum atomic E-state index is 12.4. The van der Waals surface area contributed by atoms with E-state index < -0.39 is 6.04 Å². The summed E-state index contributed by atoms with van der Waals surface area (Å²) in [5.74, 6) is 4.98. The molecule has 1 aliphatic heterocycles. The van der Waals surface area contributed by atoms with E-state index in [9.17, 15) is 9.59 Å². The van der Waals surface area contributed by atoms with Gasteiger partial charge in [0.1, 0.15) is 12.6 Å². The monoisotopic (exact) mass is 419 g/mol. The molecular formula is C26H29NO4. The van der Waals surface area contributed by atoms with Gasteiger partial charge in [-0.3, -0.25) is 4.79 Å². The molecule has 0 aromatic heterocycles. The molecule has 0 radical (unpaired) electrons. The van der Waals surface area contributed by atoms with Gasteiger partial charge in [0.2, 0.25) is 0 Å². The van der Waals surface area contributed by atoms with Crippen molar-refractivity contribution in [2.45, 2.75) is 51.4 Å². The maximum absolute atomic E-state index is 12.4. The Bertz CT molecular complexity index is 886. The molecule has 0 bridgehead atoms. The summed E-state index contributed by atoms with van der Waals surface area (Å²) in [7, 11) is 0. The van der Waals surface area contributed by atoms with Crippen LogP contribution in [0.2, 0.25) is 0 Å². The first-order valence-electron chi connectivity index (χ1n) is 10.9. The molecule has 5 nitrogen and oxygen atoms in total. The summed E-state index contributed by atoms with van der Waals surface area (Å²) in [6.45, 7) is 2.05. The molecule has 1 heterocycles. The van der Waals surface area contributed by atoms with Gasteiger partial charge in [0.05, 0.1) is 6.61 Å². The lowest BCUT2D eigenvalue weighted by molar-refractivity contribution is -0.153. The fourth-order valence-corrected chi connectivity index (χ4v) is 3.47. The molecule has 0 aliphatic carbocycles. The molecule has 5 heteroatoms. The molecule has 0 unspecified atom stereocenters. The minimum atomic E-state index is -0.531. The molecule has 1 fully saturated rings. The van der Waals surface area contributed by atoms with Crippen LogP contribution in [0.15, 0.2) is 60.7 Å². The number of benzene rings is 2. The molecule has 0 spiro atoms. The Morgan fingerprint density at radius 1 is 0.935 bits per heavy atom. The van der Waals surface area contributed by atoms with Gasteiger partial charge >= 0.3 is 5.97 Å². The minimum Gasteiger partial charge on any atom is -0.459 e. The summed E-state index contributed by atoms with van der Waals surface area (Å²) in [4.78, 5) is 26.4. The second-order valence-corrected chi connectivity index (χ2v) is 7.55. The van der Waals surface area contributed by atoms with Crippen molar-refractivity contribution in [1.82, 2.24) is 4.90 Å². The number of carbonyl (C=O) groups is 2. The highest BCUT2D eigenvalue weighted by molar-refractivity contribution is 5.96. The standard InChI is InChI=1S/C26H29NO4/c28-25(17-9-1-2-10-19-30-20-22-12-5-3-6-13-22)27-18-11-16-24(27)26(29)31-21-23-14-7-4-8-15-23/h3-8,12-15,24H,1-2,10-11,16,18-21H2/t24-/m0/s1. The molecule has 0 saturated carbocycles. The van der Waals surface area contributed by atoms with Gasteiger partial charge in [0.15, 0.2) is 0 Å². The number of unbranched alkanes of at least 4 members (excludes halogenated alkanes) is 2. The zero-order valence-electron chi connectivity index (χ0n) is 17.8. The van der Waals surface area contributed by atoms with E-state index >= 15 is 0 Å². The second kappa shape index (κ2) is 12.6. The van der Waals surface area contributed by atoms with Crippen LogP contribution in [0.5, 0.6) is 0 Å². The lowest BCUT2D eigenvalue weighted by Gasteiger charge is -2.20. The van der Waals surface area contributed by atoms with Gasteiger partial charge in [-0.05, 0) is 42.7 Å². The van der Waals surface area contributed by atoms with Crippen LogP contribution >= 0.6 is 0 Å². The lowest BCUT2D eigenvalue weighted by atomic mass is 10.2. The van der Waals surface area contributed by atoms with Crippen LogP contribution in [0.3, 0.4) is 0 Å². The summed E-state index contributed by atoms with van der Waals surface area (Å²) in [6.07, 6.45) is 3.82. The van der Waals surface area contributed by atoms with Crippen molar-refractivity contribution in [2.24, 2.45) is 0 Å². The third-order valence-electron chi connectivity index (χ3n) is 5.16. The summed E-state index contributed by atoms with van der Waals surface area (Å²) >= 11 is 0. The van der Waals surface area contributed by atoms with Gasteiger partial charge in [-0.1, -0.05) is 66.6 Å². The molecule has 31 heavy (non-hydrogen) atoms. The van der Waals surface area contributed by atoms with Crippen LogP contribution in [0, 0.1) is 11.8 Å². The summed E-state index contributed by atoms with van der Waals surface area (Å²) < 4.78 is 11.1. The van der Waals surface area contributed by atoms with Crippen LogP contribution in [0.25, 0.3) is 0 Å². The molecule has 1 saturated heterocycles. The normalized spacial score (nSPS) is 15.2. The quantitative estimate of drug-likeness (QED) is 0.349. The van der Waals surface area contributed by atoms with Crippen molar-refractivity contribution in [3.63, 3.8) is 0 Å². The van der Waals surface area contributed by atoms with E-state index in [4.69, 9.17) is 9.47 Å². The Hall–Kier alpha value is -3.10. The molecule has 0 N–H and O–H groups in total. The number of likely N-dealkylation sites (tertiary alicyclic amines) is 1. The van der Waals surface area contributed by atoms with Crippen molar-refractivity contribution < 1.29 is 19.1 Å². The highest BCUT2D eigenvalue weighted by Gasteiger charge is 2.34. The Kier molecular flexibility index (Phi) is 9.15. The number of hydrogen-bond donors (Lipinski definition) is 0. The molecule has 2 aromatic carbocycles. The maximum Gasteiger partial charge on any atom is 0.329 e. The predicted octanol–water partition coefficient (Wildman–Crippen LogP) is 4.11. The van der Waals surface area contributed by atoms with Crippen molar-refractivity contribution >= 4 is 11.9 Å². The van der Waals surface area contributed by atoms with E-state index in [1.807, 2.05) is 60.7 Å². The van der Waals surface area contributed by atoms with E-state index in [1.165, 1.54) is 0 Å². The zero-order valence-corrected chi connectivity index (χ0v) is 17.8. The first-order chi connectivity index (χ1) is 15.2. The number of nitrogens with zero attached hydrogens (tertiary/aromatic N) is 1. The van der Waals surface area contributed by atoms with Crippen LogP contribution in [0.1, 0.15) is 43.2 Å². The smallest absolute Gasteiger partial charge is 0.329 e. The summed E-state index contributed by atoms with van der Waals surface area (Å²) in [5.41, 5.74) is 2.09. The lowest BCUT2D eigenvalue weighted by Crippen LogP contribution is -2.40. The Morgan fingerprint density at radius 3 is 2.32 bits per heavy atom. The van der Waals surface area contributed by atoms with E-state index in [0.717, 1.165) is 30.4 Å². The fraction of sp³-hybridized carbons (Fsp3) is 0.385. The topological polar surface area (TPSA) is 55.8 Å². The fourth-order valence-electron chi connectivity index (χ4n) is 3.47. The van der Waals surface area contributed by atoms with E-state index in [2.05, 4.69) is 11.8 Å². The Morgan fingerprint density at radius 2 is 1.61 bits per heavy atom. The summed E-state index contributed by atoms with van der Waals surface area (Å²) in [5, 5.41) is 0. The average Bonchev–Trinajstić information content (AvgIpc) is 3.31. The van der Waals surface area contributed by atoms with Crippen molar-refractivity contribution in [3.8, 4) is 11.8 Å². The molecule has 162 valence electrons. The zero-order chi connectivity index (χ0) is 21.7. The van der Waals surface area contributed by atoms with E-state index in [1.54, 1.807) is 4.90 Å². The molecule has 3 rings (SSSR count). The van der Waals surface area contributed by atoms with E-state index in [0.29, 0.717) is 32.6 Å². The van der Waals surface area contributed by atoms with Gasteiger partial charge in [-0.25, -0.2) is 4.79 Å². The Labute approximate surface area is 184 Å². The van der Waals surface area contributed by atoms with Gasteiger partial charge < -0.3 is 14.4 Å². The molecule has 1 amide bonds. The molecule has 2 aromatic rings. The molecule has 1 aliphatic rings. The minimum absolute atomic E-state index is 0.218. The largest absolute Gasteiger partial charge is 0.459 e. The second-order valence-electron chi connectivity index (χ2n) is 7.55. The van der Waals surface area contributed by atoms with Crippen LogP contribution in [-0.2, 0) is 32.3 Å². The highest BCUT2D eigenvalue weighted by Crippen LogP contribution is 2.19. The number of ether oxygens (including phenoxy) is 2. The van der Waals surface area contributed by atoms with Gasteiger partial charge in [0.25, 0.3) is 5.91 Å². The average molecular weight is 420 g/mol. The number of esters is 1. The third-order valence-corrected chi connectivity index (χ3v) is 5.16. The molecule has 1 atom stereocenters. The number of carbonyl (C=O) groups excluding carboxylic acids is 2. The first-order valence-corrected chi connectivity index (χ1v) is 10.9. The third kappa shape index (κ3) is 7.58. The van der Waals surface area contributed by atoms with Crippen molar-refractivity contribution in [3.05, 3.63) is 71.8 Å². The van der Waals surface area contributed by atoms with Crippen LogP contribution < -0.4 is 0 Å². The first kappa shape index (κ1) is 22.6. The van der Waals surface area contributed by atoms with Gasteiger partial charge in [0, 0.05) is 19.6 Å². The van der Waals surface area contributed by atoms with Crippen LogP contribution in [-0.4, -0.2) is 36.0 Å². The number of rotatable bonds is 9. The summed E-state index contributed by atoms with van der Waals surface area (Å²) in [6, 6.07) is 19.1. The number of hydrogen-bond acceptors (Lipinski definition) is 4. The predicted molar refractivity (Wildman–Crippen MR) is 119 cm³/mol. The SMILES string of the molecule is O=C(OCc1ccccc1)[C@@H]1CCCN1C(=O)C#CCCCCOCc1ccccc1. The highest BCUT2D eigenvalue weighted by atomic mass is 16.5. The van der Waals surface area contributed by atoms with Crippen molar-refractivity contribution in [1.29, 1.82) is 0 Å². The number of amides is 1. The van der Waals surface area contributed by atoms with Crippen molar-refractivity contribution in [2.75, 3.05) is 13.2 Å².